The van der Waals surface area contributed by atoms with Gasteiger partial charge in [-0.2, -0.15) is 0 Å². The van der Waals surface area contributed by atoms with Crippen LogP contribution in [0.3, 0.4) is 0 Å². The highest BCUT2D eigenvalue weighted by molar-refractivity contribution is 6.30. The molecule has 7 nitrogen and oxygen atoms in total. The van der Waals surface area contributed by atoms with Crippen molar-refractivity contribution in [2.24, 2.45) is 0 Å². The summed E-state index contributed by atoms with van der Waals surface area (Å²) >= 11 is 5.76. The number of carboxylic acid groups (broad SMARTS) is 1. The summed E-state index contributed by atoms with van der Waals surface area (Å²) in [5, 5.41) is 9.16. The van der Waals surface area contributed by atoms with Gasteiger partial charge in [0.1, 0.15) is 0 Å². The van der Waals surface area contributed by atoms with Gasteiger partial charge in [-0.1, -0.05) is 11.6 Å². The van der Waals surface area contributed by atoms with Crippen LogP contribution in [0.4, 0.5) is 14.6 Å². The van der Waals surface area contributed by atoms with Crippen LogP contribution in [0.15, 0.2) is 30.5 Å². The number of rotatable bonds is 5. The number of hydrogen-bond donors (Lipinski definition) is 1. The van der Waals surface area contributed by atoms with E-state index in [1.807, 2.05) is 4.90 Å². The highest BCUT2D eigenvalue weighted by atomic mass is 35.5. The van der Waals surface area contributed by atoms with E-state index in [0.29, 0.717) is 38.9 Å². The number of halogens is 3. The number of benzene rings is 1. The fraction of sp³-hybridized carbons (Fsp3) is 0.381. The monoisotopic (exact) mass is 451 g/mol. The fourth-order valence-corrected chi connectivity index (χ4v) is 4.20. The zero-order chi connectivity index (χ0) is 22.1. The maximum absolute atomic E-state index is 14.1. The number of carbonyl (C=O) groups excluding carboxylic acids is 1. The lowest BCUT2D eigenvalue weighted by atomic mass is 10.0. The highest BCUT2D eigenvalue weighted by Crippen LogP contribution is 2.29. The lowest BCUT2D eigenvalue weighted by Crippen LogP contribution is -2.47. The van der Waals surface area contributed by atoms with Crippen LogP contribution in [0.25, 0.3) is 0 Å². The fourth-order valence-electron chi connectivity index (χ4n) is 4.06. The van der Waals surface area contributed by atoms with Gasteiger partial charge in [-0.15, -0.1) is 0 Å². The number of piperidine rings is 1. The molecule has 31 heavy (non-hydrogen) atoms. The minimum Gasteiger partial charge on any atom is -0.478 e. The Labute approximate surface area is 182 Å². The summed E-state index contributed by atoms with van der Waals surface area (Å²) in [5.41, 5.74) is -0.192. The molecule has 10 heteroatoms. The molecule has 2 aromatic rings. The van der Waals surface area contributed by atoms with Crippen molar-refractivity contribution >= 4 is 29.3 Å². The van der Waals surface area contributed by atoms with E-state index in [9.17, 15) is 18.4 Å². The van der Waals surface area contributed by atoms with Crippen LogP contribution in [-0.4, -0.2) is 58.6 Å². The Bertz CT molecular complexity index is 1010. The van der Waals surface area contributed by atoms with E-state index in [0.717, 1.165) is 6.07 Å². The van der Waals surface area contributed by atoms with E-state index in [2.05, 4.69) is 4.98 Å². The van der Waals surface area contributed by atoms with E-state index in [-0.39, 0.29) is 34.1 Å². The molecule has 1 aromatic carbocycles. The summed E-state index contributed by atoms with van der Waals surface area (Å²) in [4.78, 5) is 31.4. The second-order valence-electron chi connectivity index (χ2n) is 7.55. The Morgan fingerprint density at radius 2 is 1.87 bits per heavy atom. The minimum atomic E-state index is -1.24. The van der Waals surface area contributed by atoms with Crippen LogP contribution in [0.5, 0.6) is 5.75 Å². The Morgan fingerprint density at radius 3 is 2.52 bits per heavy atom. The molecule has 1 unspecified atom stereocenters. The number of aromatic carboxylic acids is 1. The number of carboxylic acids is 1. The third-order valence-electron chi connectivity index (χ3n) is 5.63. The molecule has 0 radical (unpaired) electrons. The van der Waals surface area contributed by atoms with Gasteiger partial charge in [-0.25, -0.2) is 18.6 Å². The summed E-state index contributed by atoms with van der Waals surface area (Å²) in [7, 11) is 0. The SMILES string of the molecule is O=C(O)c1ccc(OC2CCN(C3CCN(c4ncc(Cl)cc4F)CC3)C2=O)c(F)c1. The number of carbonyl (C=O) groups is 2. The zero-order valence-corrected chi connectivity index (χ0v) is 17.2. The number of pyridine rings is 1. The first-order valence-electron chi connectivity index (χ1n) is 9.89. The summed E-state index contributed by atoms with van der Waals surface area (Å²) in [6.07, 6.45) is 2.28. The summed E-state index contributed by atoms with van der Waals surface area (Å²) in [6.45, 7) is 1.56. The van der Waals surface area contributed by atoms with Crippen molar-refractivity contribution < 1.29 is 28.2 Å². The predicted octanol–water partition coefficient (Wildman–Crippen LogP) is 3.36. The molecule has 1 atom stereocenters. The molecule has 2 saturated heterocycles. The van der Waals surface area contributed by atoms with Gasteiger partial charge in [-0.05, 0) is 37.1 Å². The predicted molar refractivity (Wildman–Crippen MR) is 109 cm³/mol. The molecular formula is C21H20ClF2N3O4. The van der Waals surface area contributed by atoms with Gasteiger partial charge >= 0.3 is 5.97 Å². The molecule has 4 rings (SSSR count). The molecule has 0 spiro atoms. The minimum absolute atomic E-state index is 0.0213. The van der Waals surface area contributed by atoms with E-state index in [1.165, 1.54) is 24.4 Å². The molecule has 2 aliphatic heterocycles. The maximum Gasteiger partial charge on any atom is 0.335 e. The summed E-state index contributed by atoms with van der Waals surface area (Å²) in [6, 6.07) is 4.53. The molecule has 1 aromatic heterocycles. The Morgan fingerprint density at radius 1 is 1.13 bits per heavy atom. The van der Waals surface area contributed by atoms with Crippen LogP contribution in [0.2, 0.25) is 5.02 Å². The third-order valence-corrected chi connectivity index (χ3v) is 5.84. The van der Waals surface area contributed by atoms with Gasteiger partial charge in [0.25, 0.3) is 5.91 Å². The Hall–Kier alpha value is -2.94. The largest absolute Gasteiger partial charge is 0.478 e. The van der Waals surface area contributed by atoms with Crippen molar-refractivity contribution in [2.75, 3.05) is 24.5 Å². The molecule has 0 bridgehead atoms. The van der Waals surface area contributed by atoms with Crippen molar-refractivity contribution in [3.63, 3.8) is 0 Å². The average Bonchev–Trinajstić information content (AvgIpc) is 3.10. The van der Waals surface area contributed by atoms with Crippen molar-refractivity contribution in [2.45, 2.75) is 31.4 Å². The molecule has 0 aliphatic carbocycles. The zero-order valence-electron chi connectivity index (χ0n) is 16.4. The van der Waals surface area contributed by atoms with Crippen LogP contribution in [0, 0.1) is 11.6 Å². The quantitative estimate of drug-likeness (QED) is 0.750. The van der Waals surface area contributed by atoms with Crippen molar-refractivity contribution in [1.29, 1.82) is 0 Å². The molecule has 1 amide bonds. The molecule has 2 fully saturated rings. The Kier molecular flexibility index (Phi) is 5.95. The number of amides is 1. The topological polar surface area (TPSA) is 83.0 Å². The summed E-state index contributed by atoms with van der Waals surface area (Å²) < 4.78 is 33.8. The normalized spacial score (nSPS) is 19.7. The number of hydrogen-bond acceptors (Lipinski definition) is 5. The van der Waals surface area contributed by atoms with Crippen molar-refractivity contribution in [3.05, 3.63) is 52.7 Å². The Balaban J connectivity index is 1.36. The smallest absolute Gasteiger partial charge is 0.335 e. The van der Waals surface area contributed by atoms with Crippen LogP contribution in [0.1, 0.15) is 29.6 Å². The third kappa shape index (κ3) is 4.41. The highest BCUT2D eigenvalue weighted by Gasteiger charge is 2.39. The van der Waals surface area contributed by atoms with E-state index < -0.39 is 23.7 Å². The first kappa shape index (κ1) is 21.3. The van der Waals surface area contributed by atoms with E-state index in [4.69, 9.17) is 21.4 Å². The second kappa shape index (κ2) is 8.66. The van der Waals surface area contributed by atoms with E-state index in [1.54, 1.807) is 4.90 Å². The maximum atomic E-state index is 14.1. The van der Waals surface area contributed by atoms with Gasteiger partial charge in [0.15, 0.2) is 29.3 Å². The molecule has 2 aliphatic rings. The number of anilines is 1. The average molecular weight is 452 g/mol. The number of ether oxygens (including phenoxy) is 1. The van der Waals surface area contributed by atoms with Gasteiger partial charge in [0, 0.05) is 38.3 Å². The lowest BCUT2D eigenvalue weighted by molar-refractivity contribution is -0.135. The van der Waals surface area contributed by atoms with Gasteiger partial charge in [-0.3, -0.25) is 4.79 Å². The molecule has 164 valence electrons. The molecule has 0 saturated carbocycles. The second-order valence-corrected chi connectivity index (χ2v) is 7.99. The van der Waals surface area contributed by atoms with Gasteiger partial charge < -0.3 is 19.6 Å². The molecular weight excluding hydrogens is 432 g/mol. The lowest BCUT2D eigenvalue weighted by Gasteiger charge is -2.37. The summed E-state index contributed by atoms with van der Waals surface area (Å²) in [5.74, 6) is -2.67. The number of likely N-dealkylation sites (tertiary alicyclic amines) is 1. The number of aromatic nitrogens is 1. The first-order chi connectivity index (χ1) is 14.8. The van der Waals surface area contributed by atoms with E-state index >= 15 is 0 Å². The van der Waals surface area contributed by atoms with Crippen LogP contribution >= 0.6 is 11.6 Å². The standard InChI is InChI=1S/C21H20ClF2N3O4/c22-13-10-16(24)19(25-11-13)26-6-3-14(4-7-26)27-8-5-18(20(27)28)31-17-2-1-12(21(29)30)9-15(17)23/h1-2,9-11,14,18H,3-8H2,(H,29,30). The first-order valence-corrected chi connectivity index (χ1v) is 10.3. The molecule has 3 heterocycles. The van der Waals surface area contributed by atoms with Gasteiger partial charge in [0.2, 0.25) is 0 Å². The van der Waals surface area contributed by atoms with Crippen molar-refractivity contribution in [1.82, 2.24) is 9.88 Å². The van der Waals surface area contributed by atoms with Crippen LogP contribution in [-0.2, 0) is 4.79 Å². The van der Waals surface area contributed by atoms with Gasteiger partial charge in [0.05, 0.1) is 10.6 Å². The van der Waals surface area contributed by atoms with Crippen LogP contribution < -0.4 is 9.64 Å². The number of nitrogens with zero attached hydrogens (tertiary/aromatic N) is 3. The van der Waals surface area contributed by atoms with Crippen molar-refractivity contribution in [3.8, 4) is 5.75 Å². The molecule has 1 N–H and O–H groups in total.